The van der Waals surface area contributed by atoms with Gasteiger partial charge in [-0.15, -0.1) is 0 Å². The molecule has 9 aromatic carbocycles. The Bertz CT molecular complexity index is 3570. The number of pyridine rings is 1. The molecule has 376 valence electrons. The van der Waals surface area contributed by atoms with Gasteiger partial charge in [0.25, 0.3) is 0 Å². The van der Waals surface area contributed by atoms with Crippen LogP contribution in [-0.2, 0) is 0 Å². The first kappa shape index (κ1) is 50.3. The molecule has 3 nitrogen and oxygen atoms in total. The fraction of sp³-hybridized carbons (Fsp3) is 0.169. The van der Waals surface area contributed by atoms with Crippen molar-refractivity contribution in [2.75, 3.05) is 9.80 Å². The van der Waals surface area contributed by atoms with Crippen LogP contribution in [-0.4, -0.2) is 21.1 Å². The molecule has 0 bridgehead atoms. The lowest BCUT2D eigenvalue weighted by Gasteiger charge is -2.27. The van der Waals surface area contributed by atoms with E-state index in [1.807, 2.05) is 6.20 Å². The van der Waals surface area contributed by atoms with E-state index >= 15 is 0 Å². The summed E-state index contributed by atoms with van der Waals surface area (Å²) in [5.41, 5.74) is 17.4. The van der Waals surface area contributed by atoms with E-state index in [1.165, 1.54) is 86.6 Å². The van der Waals surface area contributed by atoms with Crippen molar-refractivity contribution in [2.45, 2.75) is 77.3 Å². The maximum atomic E-state index is 5.10. The second-order valence-electron chi connectivity index (χ2n) is 22.8. The molecular weight excluding hydrogens is 951 g/mol. The van der Waals surface area contributed by atoms with E-state index in [4.69, 9.17) is 4.98 Å². The Kier molecular flexibility index (Phi) is 14.4. The van der Waals surface area contributed by atoms with Crippen LogP contribution >= 0.6 is 0 Å². The second kappa shape index (κ2) is 21.8. The third kappa shape index (κ3) is 11.1. The molecule has 0 radical (unpaired) electrons. The number of para-hydroxylation sites is 1. The molecule has 1 saturated carbocycles. The topological polar surface area (TPSA) is 19.4 Å². The third-order valence-electron chi connectivity index (χ3n) is 15.5. The maximum absolute atomic E-state index is 5.10. The fourth-order valence-electron chi connectivity index (χ4n) is 11.0. The molecule has 5 heteroatoms. The minimum absolute atomic E-state index is 0.660. The third-order valence-corrected chi connectivity index (χ3v) is 19.6. The summed E-state index contributed by atoms with van der Waals surface area (Å²) in [6.07, 6.45) is 13.1. The Morgan fingerprint density at radius 2 is 0.842 bits per heavy atom. The highest BCUT2D eigenvalue weighted by Crippen LogP contribution is 2.42. The van der Waals surface area contributed by atoms with Crippen molar-refractivity contribution in [2.24, 2.45) is 0 Å². The van der Waals surface area contributed by atoms with Crippen molar-refractivity contribution in [1.82, 2.24) is 4.98 Å². The largest absolute Gasteiger partial charge is 0.310 e. The van der Waals surface area contributed by atoms with Crippen LogP contribution in [0, 0.1) is 0 Å². The van der Waals surface area contributed by atoms with Crippen molar-refractivity contribution < 1.29 is 0 Å². The highest BCUT2D eigenvalue weighted by Gasteiger charge is 2.21. The van der Waals surface area contributed by atoms with Gasteiger partial charge in [-0.25, -0.2) is 0 Å². The number of nitrogens with zero attached hydrogens (tertiary/aromatic N) is 3. The summed E-state index contributed by atoms with van der Waals surface area (Å²) in [6.45, 7) is 14.4. The molecule has 0 saturated heterocycles. The number of aromatic nitrogens is 1. The van der Waals surface area contributed by atoms with E-state index in [9.17, 15) is 0 Å². The van der Waals surface area contributed by atoms with E-state index in [0.717, 1.165) is 50.9 Å². The molecule has 1 heterocycles. The zero-order valence-corrected chi connectivity index (χ0v) is 47.0. The minimum Gasteiger partial charge on any atom is -0.310 e. The Labute approximate surface area is 453 Å². The zero-order chi connectivity index (χ0) is 52.2. The van der Waals surface area contributed by atoms with Crippen LogP contribution in [0.1, 0.15) is 54.7 Å². The lowest BCUT2D eigenvalue weighted by atomic mass is 9.84. The molecule has 0 amide bonds. The molecule has 0 atom stereocenters. The zero-order valence-electron chi connectivity index (χ0n) is 45.0. The van der Waals surface area contributed by atoms with Gasteiger partial charge in [-0.3, -0.25) is 4.98 Å². The summed E-state index contributed by atoms with van der Waals surface area (Å²) in [7, 11) is -2.74. The molecule has 76 heavy (non-hydrogen) atoms. The predicted octanol–water partition coefficient (Wildman–Crippen LogP) is 19.5. The second-order valence-corrected chi connectivity index (χ2v) is 32.9. The molecule has 0 aliphatic heterocycles. The monoisotopic (exact) mass is 1020 g/mol. The van der Waals surface area contributed by atoms with Gasteiger partial charge in [-0.2, -0.15) is 0 Å². The Balaban J connectivity index is 0.836. The van der Waals surface area contributed by atoms with Crippen LogP contribution in [0.2, 0.25) is 39.3 Å². The number of fused-ring (bicyclic) bond motifs is 1. The highest BCUT2D eigenvalue weighted by molar-refractivity contribution is 6.89. The Hall–Kier alpha value is -7.84. The number of anilines is 6. The predicted molar refractivity (Wildman–Crippen MR) is 335 cm³/mol. The molecule has 1 aromatic heterocycles. The van der Waals surface area contributed by atoms with Crippen LogP contribution in [0.15, 0.2) is 231 Å². The number of hydrogen-bond donors (Lipinski definition) is 0. The quantitative estimate of drug-likeness (QED) is 0.0799. The van der Waals surface area contributed by atoms with Crippen LogP contribution in [0.25, 0.3) is 56.4 Å². The van der Waals surface area contributed by atoms with Crippen molar-refractivity contribution in [1.29, 1.82) is 0 Å². The van der Waals surface area contributed by atoms with E-state index in [2.05, 4.69) is 286 Å². The SMILES string of the molecule is C[Si](C)(C)c1ccc(-c2ccc(N(c3ccc(C4CCCCC4)cc3)c3ccc(-c4ccc(C=Cc5ccc(N(c6ccccc6)c6ccc(-c7ccc([Si](C)(C)C)cc7)cc6)c6ccccc56)cc4)nc3)cc2)cc1. The van der Waals surface area contributed by atoms with Gasteiger partial charge in [-0.05, 0) is 130 Å². The lowest BCUT2D eigenvalue weighted by Crippen LogP contribution is -2.37. The molecule has 0 spiro atoms. The fourth-order valence-corrected chi connectivity index (χ4v) is 13.3. The summed E-state index contributed by atoms with van der Waals surface area (Å²) < 4.78 is 0. The van der Waals surface area contributed by atoms with Crippen LogP contribution < -0.4 is 20.2 Å². The first-order valence-electron chi connectivity index (χ1n) is 27.4. The molecule has 1 fully saturated rings. The van der Waals surface area contributed by atoms with Gasteiger partial charge in [-0.1, -0.05) is 239 Å². The number of rotatable bonds is 14. The summed E-state index contributed by atoms with van der Waals surface area (Å²) in [6, 6.07) is 82.9. The van der Waals surface area contributed by atoms with Gasteiger partial charge in [0.2, 0.25) is 0 Å². The van der Waals surface area contributed by atoms with E-state index in [-0.39, 0.29) is 0 Å². The molecule has 10 aromatic rings. The minimum atomic E-state index is -1.37. The summed E-state index contributed by atoms with van der Waals surface area (Å²) in [5.74, 6) is 0.660. The molecule has 0 N–H and O–H groups in total. The van der Waals surface area contributed by atoms with Crippen LogP contribution in [0.5, 0.6) is 0 Å². The summed E-state index contributed by atoms with van der Waals surface area (Å²) in [4.78, 5) is 9.82. The lowest BCUT2D eigenvalue weighted by molar-refractivity contribution is 0.443. The molecule has 0 unspecified atom stereocenters. The molecular formula is C71H69N3Si2. The summed E-state index contributed by atoms with van der Waals surface area (Å²) in [5, 5.41) is 5.36. The number of benzene rings is 9. The van der Waals surface area contributed by atoms with Crippen LogP contribution in [0.4, 0.5) is 34.1 Å². The number of hydrogen-bond acceptors (Lipinski definition) is 3. The van der Waals surface area contributed by atoms with Gasteiger partial charge in [0.05, 0.1) is 39.4 Å². The van der Waals surface area contributed by atoms with Crippen LogP contribution in [0.3, 0.4) is 0 Å². The normalized spacial score (nSPS) is 13.3. The average molecular weight is 1020 g/mol. The Morgan fingerprint density at radius 3 is 1.37 bits per heavy atom. The van der Waals surface area contributed by atoms with E-state index in [0.29, 0.717) is 5.92 Å². The highest BCUT2D eigenvalue weighted by atomic mass is 28.3. The van der Waals surface area contributed by atoms with E-state index in [1.54, 1.807) is 0 Å². The van der Waals surface area contributed by atoms with Gasteiger partial charge < -0.3 is 9.80 Å². The molecule has 1 aliphatic carbocycles. The van der Waals surface area contributed by atoms with Crippen molar-refractivity contribution in [3.8, 4) is 33.5 Å². The van der Waals surface area contributed by atoms with E-state index < -0.39 is 16.1 Å². The average Bonchev–Trinajstić information content (AvgIpc) is 3.46. The van der Waals surface area contributed by atoms with Crippen molar-refractivity contribution in [3.63, 3.8) is 0 Å². The van der Waals surface area contributed by atoms with Gasteiger partial charge in [0.15, 0.2) is 0 Å². The van der Waals surface area contributed by atoms with Crippen molar-refractivity contribution >= 4 is 83.6 Å². The summed E-state index contributed by atoms with van der Waals surface area (Å²) >= 11 is 0. The smallest absolute Gasteiger partial charge is 0.0775 e. The van der Waals surface area contributed by atoms with Gasteiger partial charge in [0, 0.05) is 33.7 Å². The van der Waals surface area contributed by atoms with Gasteiger partial charge in [0.1, 0.15) is 0 Å². The maximum Gasteiger partial charge on any atom is 0.0775 e. The first-order chi connectivity index (χ1) is 36.9. The Morgan fingerprint density at radius 1 is 0.382 bits per heavy atom. The van der Waals surface area contributed by atoms with Crippen molar-refractivity contribution in [3.05, 3.63) is 247 Å². The van der Waals surface area contributed by atoms with Gasteiger partial charge >= 0.3 is 0 Å². The standard InChI is InChI=1S/C71H69N3Si2/c1-75(2,3)66-45-33-57(34-46-66)55-29-40-63(41-30-55)73(62-38-27-54(28-39-62)53-15-9-7-10-16-53)65-44-49-70(72-51-65)60-25-22-52(23-26-60)21-24-59-37-50-71(69-20-14-13-19-68(59)69)74(61-17-11-8-12-18-61)64-42-31-56(32-43-64)58-35-47-67(48-36-58)76(4,5)6/h8,11-14,17-51,53H,7,9-10,15-16H2,1-6H3. The molecule has 1 aliphatic rings. The molecule has 11 rings (SSSR count). The first-order valence-corrected chi connectivity index (χ1v) is 34.4.